The quantitative estimate of drug-likeness (QED) is 0.319. The van der Waals surface area contributed by atoms with Gasteiger partial charge in [-0.3, -0.25) is 0 Å². The van der Waals surface area contributed by atoms with Gasteiger partial charge in [-0.1, -0.05) is 71.1 Å². The van der Waals surface area contributed by atoms with Crippen LogP contribution in [0.25, 0.3) is 0 Å². The summed E-state index contributed by atoms with van der Waals surface area (Å²) >= 11 is 4.90. The SMILES string of the molecule is CCCCCCCCCCCC[S-].[Cu+]. The molecule has 0 aliphatic carbocycles. The third-order valence-corrected chi connectivity index (χ3v) is 2.79. The van der Waals surface area contributed by atoms with Gasteiger partial charge in [0, 0.05) is 0 Å². The van der Waals surface area contributed by atoms with Crippen molar-refractivity contribution in [3.05, 3.63) is 0 Å². The van der Waals surface area contributed by atoms with Gasteiger partial charge in [0.1, 0.15) is 0 Å². The van der Waals surface area contributed by atoms with E-state index < -0.39 is 0 Å². The summed E-state index contributed by atoms with van der Waals surface area (Å²) in [6.07, 6.45) is 14.0. The molecule has 14 heavy (non-hydrogen) atoms. The Hall–Kier alpha value is 0.869. The molecule has 0 aliphatic heterocycles. The summed E-state index contributed by atoms with van der Waals surface area (Å²) in [5, 5.41) is 0. The first-order chi connectivity index (χ1) is 6.41. The van der Waals surface area contributed by atoms with Crippen LogP contribution in [-0.4, -0.2) is 5.75 Å². The molecular formula is C12H25CuS. The summed E-state index contributed by atoms with van der Waals surface area (Å²) in [7, 11) is 0. The van der Waals surface area contributed by atoms with Crippen LogP contribution < -0.4 is 0 Å². The van der Waals surface area contributed by atoms with E-state index in [9.17, 15) is 0 Å². The summed E-state index contributed by atoms with van der Waals surface area (Å²) in [5.74, 6) is 0.955. The van der Waals surface area contributed by atoms with E-state index in [1.807, 2.05) is 0 Å². The second kappa shape index (κ2) is 16.3. The Bertz CT molecular complexity index is 76.4. The minimum atomic E-state index is 0. The van der Waals surface area contributed by atoms with Crippen LogP contribution in [0, 0.1) is 0 Å². The molecule has 0 heterocycles. The molecule has 0 aliphatic rings. The first kappa shape index (κ1) is 17.3. The summed E-state index contributed by atoms with van der Waals surface area (Å²) in [5.41, 5.74) is 0. The maximum absolute atomic E-state index is 4.90. The van der Waals surface area contributed by atoms with Crippen LogP contribution in [0.1, 0.15) is 71.1 Å². The van der Waals surface area contributed by atoms with Crippen LogP contribution in [0.4, 0.5) is 0 Å². The molecule has 0 saturated heterocycles. The molecule has 0 aromatic heterocycles. The molecule has 0 spiro atoms. The van der Waals surface area contributed by atoms with Crippen LogP contribution in [0.3, 0.4) is 0 Å². The van der Waals surface area contributed by atoms with Crippen molar-refractivity contribution >= 4 is 12.6 Å². The Morgan fingerprint density at radius 3 is 1.36 bits per heavy atom. The fraction of sp³-hybridized carbons (Fsp3) is 1.00. The molecule has 0 bridgehead atoms. The van der Waals surface area contributed by atoms with Crippen molar-refractivity contribution < 1.29 is 17.1 Å². The number of unbranched alkanes of at least 4 members (excludes halogenated alkanes) is 9. The first-order valence-electron chi connectivity index (χ1n) is 6.00. The van der Waals surface area contributed by atoms with Crippen molar-refractivity contribution in [2.75, 3.05) is 5.75 Å². The van der Waals surface area contributed by atoms with Gasteiger partial charge in [0.15, 0.2) is 0 Å². The van der Waals surface area contributed by atoms with E-state index in [1.54, 1.807) is 0 Å². The third kappa shape index (κ3) is 15.3. The molecule has 0 unspecified atom stereocenters. The van der Waals surface area contributed by atoms with Crippen molar-refractivity contribution in [1.82, 2.24) is 0 Å². The average Bonchev–Trinajstić information content (AvgIpc) is 2.16. The second-order valence-electron chi connectivity index (χ2n) is 3.89. The predicted molar refractivity (Wildman–Crippen MR) is 64.1 cm³/mol. The van der Waals surface area contributed by atoms with Crippen LogP contribution >= 0.6 is 0 Å². The third-order valence-electron chi connectivity index (χ3n) is 2.50. The van der Waals surface area contributed by atoms with Crippen molar-refractivity contribution in [2.45, 2.75) is 71.1 Å². The second-order valence-corrected chi connectivity index (χ2v) is 4.29. The van der Waals surface area contributed by atoms with Gasteiger partial charge < -0.3 is 12.6 Å². The fourth-order valence-corrected chi connectivity index (χ4v) is 1.79. The molecule has 0 atom stereocenters. The number of hydrogen-bond acceptors (Lipinski definition) is 1. The minimum Gasteiger partial charge on any atom is -0.793 e. The molecule has 0 N–H and O–H groups in total. The van der Waals surface area contributed by atoms with E-state index in [4.69, 9.17) is 12.6 Å². The zero-order chi connectivity index (χ0) is 9.78. The summed E-state index contributed by atoms with van der Waals surface area (Å²) in [4.78, 5) is 0. The molecule has 0 saturated carbocycles. The van der Waals surface area contributed by atoms with Gasteiger partial charge in [-0.05, 0) is 0 Å². The summed E-state index contributed by atoms with van der Waals surface area (Å²) in [6.45, 7) is 2.27. The van der Waals surface area contributed by atoms with Gasteiger partial charge in [0.2, 0.25) is 0 Å². The Morgan fingerprint density at radius 1 is 0.643 bits per heavy atom. The van der Waals surface area contributed by atoms with Gasteiger partial charge in [-0.25, -0.2) is 0 Å². The van der Waals surface area contributed by atoms with Crippen molar-refractivity contribution in [3.63, 3.8) is 0 Å². The summed E-state index contributed by atoms with van der Waals surface area (Å²) < 4.78 is 0. The smallest absolute Gasteiger partial charge is 0.793 e. The normalized spacial score (nSPS) is 9.86. The molecule has 0 fully saturated rings. The maximum atomic E-state index is 4.90. The van der Waals surface area contributed by atoms with Gasteiger partial charge in [-0.2, -0.15) is 5.75 Å². The van der Waals surface area contributed by atoms with Crippen molar-refractivity contribution in [2.24, 2.45) is 0 Å². The van der Waals surface area contributed by atoms with E-state index in [-0.39, 0.29) is 17.1 Å². The first-order valence-corrected chi connectivity index (χ1v) is 6.57. The monoisotopic (exact) mass is 264 g/mol. The van der Waals surface area contributed by atoms with E-state index >= 15 is 0 Å². The van der Waals surface area contributed by atoms with E-state index in [0.717, 1.165) is 5.75 Å². The Balaban J connectivity index is 0. The molecule has 0 aromatic carbocycles. The van der Waals surface area contributed by atoms with E-state index in [1.165, 1.54) is 64.2 Å². The number of hydrogen-bond donors (Lipinski definition) is 0. The fourth-order valence-electron chi connectivity index (χ4n) is 1.59. The molecule has 0 nitrogen and oxygen atoms in total. The van der Waals surface area contributed by atoms with Gasteiger partial charge in [0.25, 0.3) is 0 Å². The Kier molecular flexibility index (Phi) is 20.1. The average molecular weight is 265 g/mol. The molecule has 0 rings (SSSR count). The minimum absolute atomic E-state index is 0. The van der Waals surface area contributed by atoms with Crippen LogP contribution in [0.2, 0.25) is 0 Å². The Morgan fingerprint density at radius 2 is 1.00 bits per heavy atom. The van der Waals surface area contributed by atoms with Crippen molar-refractivity contribution in [3.8, 4) is 0 Å². The van der Waals surface area contributed by atoms with Crippen LogP contribution in [0.15, 0.2) is 0 Å². The zero-order valence-electron chi connectivity index (χ0n) is 9.49. The maximum Gasteiger partial charge on any atom is 1.00 e. The van der Waals surface area contributed by atoms with Crippen LogP contribution in [-0.2, 0) is 29.7 Å². The predicted octanol–water partition coefficient (Wildman–Crippen LogP) is 4.45. The standard InChI is InChI=1S/C12H26S.Cu/c1-2-3-4-5-6-7-8-9-10-11-12-13;/h13H,2-12H2,1H3;/q;+1/p-1. The van der Waals surface area contributed by atoms with E-state index in [0.29, 0.717) is 0 Å². The molecule has 90 valence electrons. The summed E-state index contributed by atoms with van der Waals surface area (Å²) in [6, 6.07) is 0. The molecule has 0 aromatic rings. The Labute approximate surface area is 107 Å². The van der Waals surface area contributed by atoms with E-state index in [2.05, 4.69) is 6.92 Å². The molecule has 0 radical (unpaired) electrons. The zero-order valence-corrected chi connectivity index (χ0v) is 11.2. The molecular weight excluding hydrogens is 240 g/mol. The molecule has 0 amide bonds. The number of rotatable bonds is 10. The van der Waals surface area contributed by atoms with Crippen LogP contribution in [0.5, 0.6) is 0 Å². The molecule has 2 heteroatoms. The van der Waals surface area contributed by atoms with Gasteiger partial charge >= 0.3 is 17.1 Å². The topological polar surface area (TPSA) is 0 Å². The van der Waals surface area contributed by atoms with Crippen molar-refractivity contribution in [1.29, 1.82) is 0 Å². The largest absolute Gasteiger partial charge is 1.00 e. The van der Waals surface area contributed by atoms with Gasteiger partial charge in [-0.15, -0.1) is 0 Å². The van der Waals surface area contributed by atoms with Gasteiger partial charge in [0.05, 0.1) is 0 Å².